The normalized spacial score (nSPS) is 15.5. The van der Waals surface area contributed by atoms with Gasteiger partial charge in [-0.05, 0) is 133 Å². The summed E-state index contributed by atoms with van der Waals surface area (Å²) in [4.78, 5) is 2.58. The summed E-state index contributed by atoms with van der Waals surface area (Å²) in [5, 5.41) is 2.54. The smallest absolute Gasteiger partial charge is 0.0561 e. The molecular formula is C54H46N2. The number of aromatic nitrogens is 1. The molecule has 10 rings (SSSR count). The maximum absolute atomic E-state index is 2.58. The first-order valence-electron chi connectivity index (χ1n) is 20.3. The first-order valence-corrected chi connectivity index (χ1v) is 20.3. The predicted octanol–water partition coefficient (Wildman–Crippen LogP) is 14.1. The quantitative estimate of drug-likeness (QED) is 0.152. The highest BCUT2D eigenvalue weighted by Crippen LogP contribution is 2.49. The van der Waals surface area contributed by atoms with Gasteiger partial charge in [0.25, 0.3) is 0 Å². The SMILES string of the molecule is CC(C1=C(C2=CC=CCC2)CCC(N(c2ccc3c(c2)CCC=C3)c2ccc3c4ccccc4n(-c4ccccc4)c3c2)=C1)(c1ccccc1)c1ccccc1. The van der Waals surface area contributed by atoms with Gasteiger partial charge in [0.05, 0.1) is 11.0 Å². The number of allylic oxidation sites excluding steroid dienone is 9. The average molecular weight is 723 g/mol. The Bertz CT molecular complexity index is 2700. The van der Waals surface area contributed by atoms with Crippen molar-refractivity contribution in [2.24, 2.45) is 0 Å². The van der Waals surface area contributed by atoms with E-state index < -0.39 is 0 Å². The summed E-state index contributed by atoms with van der Waals surface area (Å²) in [6, 6.07) is 56.2. The molecule has 1 heterocycles. The van der Waals surface area contributed by atoms with Crippen LogP contribution in [0.2, 0.25) is 0 Å². The minimum Gasteiger partial charge on any atom is -0.314 e. The summed E-state index contributed by atoms with van der Waals surface area (Å²) in [5.74, 6) is 0. The van der Waals surface area contributed by atoms with Gasteiger partial charge in [0, 0.05) is 38.9 Å². The molecule has 1 aromatic heterocycles. The van der Waals surface area contributed by atoms with Crippen LogP contribution in [0.4, 0.5) is 11.4 Å². The Hall–Kier alpha value is -6.38. The molecule has 3 aliphatic carbocycles. The monoisotopic (exact) mass is 722 g/mol. The second-order valence-electron chi connectivity index (χ2n) is 15.6. The van der Waals surface area contributed by atoms with Crippen LogP contribution in [-0.2, 0) is 11.8 Å². The lowest BCUT2D eigenvalue weighted by molar-refractivity contribution is 0.661. The van der Waals surface area contributed by atoms with Gasteiger partial charge in [0.1, 0.15) is 0 Å². The molecule has 7 aromatic rings. The molecule has 2 nitrogen and oxygen atoms in total. The van der Waals surface area contributed by atoms with Crippen LogP contribution in [0.15, 0.2) is 204 Å². The van der Waals surface area contributed by atoms with Crippen LogP contribution in [0.3, 0.4) is 0 Å². The summed E-state index contributed by atoms with van der Waals surface area (Å²) < 4.78 is 2.44. The van der Waals surface area contributed by atoms with E-state index in [1.54, 1.807) is 0 Å². The van der Waals surface area contributed by atoms with Gasteiger partial charge in [-0.2, -0.15) is 0 Å². The molecule has 272 valence electrons. The van der Waals surface area contributed by atoms with Gasteiger partial charge in [0.2, 0.25) is 0 Å². The molecule has 0 unspecified atom stereocenters. The molecule has 0 radical (unpaired) electrons. The van der Waals surface area contributed by atoms with Gasteiger partial charge in [-0.25, -0.2) is 0 Å². The van der Waals surface area contributed by atoms with Crippen LogP contribution < -0.4 is 4.90 Å². The highest BCUT2D eigenvalue weighted by Gasteiger charge is 2.37. The lowest BCUT2D eigenvalue weighted by Crippen LogP contribution is -2.30. The lowest BCUT2D eigenvalue weighted by atomic mass is 9.66. The zero-order valence-electron chi connectivity index (χ0n) is 32.0. The number of fused-ring (bicyclic) bond motifs is 4. The number of hydrogen-bond acceptors (Lipinski definition) is 1. The van der Waals surface area contributed by atoms with Crippen molar-refractivity contribution in [1.29, 1.82) is 0 Å². The van der Waals surface area contributed by atoms with Crippen LogP contribution in [0, 0.1) is 0 Å². The van der Waals surface area contributed by atoms with E-state index in [1.165, 1.54) is 83.5 Å². The summed E-state index contributed by atoms with van der Waals surface area (Å²) >= 11 is 0. The molecule has 0 saturated carbocycles. The third-order valence-corrected chi connectivity index (χ3v) is 12.4. The fourth-order valence-electron chi connectivity index (χ4n) is 9.54. The zero-order chi connectivity index (χ0) is 37.5. The molecule has 0 spiro atoms. The van der Waals surface area contributed by atoms with Crippen LogP contribution in [0.25, 0.3) is 33.6 Å². The summed E-state index contributed by atoms with van der Waals surface area (Å²) in [6.07, 6.45) is 20.3. The summed E-state index contributed by atoms with van der Waals surface area (Å²) in [7, 11) is 0. The maximum atomic E-state index is 2.58. The molecule has 3 aliphatic rings. The van der Waals surface area contributed by atoms with Crippen molar-refractivity contribution in [2.45, 2.75) is 50.9 Å². The number of benzene rings is 6. The first kappa shape index (κ1) is 34.1. The largest absolute Gasteiger partial charge is 0.314 e. The molecule has 0 aliphatic heterocycles. The van der Waals surface area contributed by atoms with Crippen molar-refractivity contribution in [3.05, 3.63) is 227 Å². The van der Waals surface area contributed by atoms with Crippen LogP contribution >= 0.6 is 0 Å². The van der Waals surface area contributed by atoms with E-state index in [-0.39, 0.29) is 5.41 Å². The second-order valence-corrected chi connectivity index (χ2v) is 15.6. The van der Waals surface area contributed by atoms with Gasteiger partial charge in [-0.3, -0.25) is 0 Å². The Labute approximate surface area is 330 Å². The van der Waals surface area contributed by atoms with E-state index in [0.717, 1.165) is 38.5 Å². The zero-order valence-corrected chi connectivity index (χ0v) is 32.0. The second kappa shape index (κ2) is 14.4. The molecule has 0 saturated heterocycles. The van der Waals surface area contributed by atoms with Crippen molar-refractivity contribution in [2.75, 3.05) is 4.90 Å². The Morgan fingerprint density at radius 2 is 1.23 bits per heavy atom. The molecule has 0 fully saturated rings. The van der Waals surface area contributed by atoms with Gasteiger partial charge in [-0.1, -0.05) is 140 Å². The van der Waals surface area contributed by atoms with Crippen LogP contribution in [0.5, 0.6) is 0 Å². The standard InChI is InChI=1S/C54H46N2/c1-54(42-22-8-3-9-23-42,43-24-10-4-11-25-43)51-37-46(32-34-48(51)40-19-6-2-7-20-40)55(45-31-30-39-18-14-15-21-41(39)36-45)47-33-35-50-49-28-16-17-29-52(49)56(53(50)38-47)44-26-12-5-13-27-44/h2-6,8-14,16-19,22-31,33,35-38H,7,15,20-21,32,34H2,1H3. The fraction of sp³-hybridized carbons (Fsp3) is 0.148. The topological polar surface area (TPSA) is 8.17 Å². The summed E-state index contributed by atoms with van der Waals surface area (Å²) in [6.45, 7) is 2.45. The van der Waals surface area contributed by atoms with Crippen molar-refractivity contribution in [1.82, 2.24) is 4.57 Å². The van der Waals surface area contributed by atoms with E-state index in [2.05, 4.69) is 205 Å². The third kappa shape index (κ3) is 5.88. The minimum absolute atomic E-state index is 0.373. The number of rotatable bonds is 8. The van der Waals surface area contributed by atoms with Gasteiger partial charge < -0.3 is 9.47 Å². The fourth-order valence-corrected chi connectivity index (χ4v) is 9.54. The maximum Gasteiger partial charge on any atom is 0.0561 e. The number of aryl methyl sites for hydroxylation is 1. The lowest BCUT2D eigenvalue weighted by Gasteiger charge is -2.40. The molecule has 0 amide bonds. The third-order valence-electron chi connectivity index (χ3n) is 12.4. The molecular weight excluding hydrogens is 677 g/mol. The Morgan fingerprint density at radius 1 is 0.571 bits per heavy atom. The number of para-hydroxylation sites is 2. The van der Waals surface area contributed by atoms with Gasteiger partial charge in [-0.15, -0.1) is 0 Å². The average Bonchev–Trinajstić information content (AvgIpc) is 3.61. The molecule has 56 heavy (non-hydrogen) atoms. The van der Waals surface area contributed by atoms with Crippen molar-refractivity contribution in [3.63, 3.8) is 0 Å². The molecule has 6 aromatic carbocycles. The molecule has 2 heteroatoms. The van der Waals surface area contributed by atoms with Crippen molar-refractivity contribution in [3.8, 4) is 5.69 Å². The Morgan fingerprint density at radius 3 is 1.98 bits per heavy atom. The van der Waals surface area contributed by atoms with E-state index in [0.29, 0.717) is 0 Å². The van der Waals surface area contributed by atoms with Gasteiger partial charge >= 0.3 is 0 Å². The van der Waals surface area contributed by atoms with E-state index in [4.69, 9.17) is 0 Å². The van der Waals surface area contributed by atoms with Crippen LogP contribution in [-0.4, -0.2) is 4.57 Å². The highest BCUT2D eigenvalue weighted by molar-refractivity contribution is 6.10. The molecule has 0 N–H and O–H groups in total. The number of hydrogen-bond donors (Lipinski definition) is 0. The Balaban J connectivity index is 1.24. The van der Waals surface area contributed by atoms with Crippen LogP contribution in [0.1, 0.15) is 61.3 Å². The van der Waals surface area contributed by atoms with E-state index in [9.17, 15) is 0 Å². The molecule has 0 bridgehead atoms. The molecule has 0 atom stereocenters. The summed E-state index contributed by atoms with van der Waals surface area (Å²) in [5.41, 5.74) is 16.7. The Kier molecular flexibility index (Phi) is 8.75. The number of anilines is 2. The van der Waals surface area contributed by atoms with Gasteiger partial charge in [0.15, 0.2) is 0 Å². The van der Waals surface area contributed by atoms with Crippen molar-refractivity contribution >= 4 is 39.3 Å². The van der Waals surface area contributed by atoms with E-state index in [1.807, 2.05) is 0 Å². The minimum atomic E-state index is -0.373. The van der Waals surface area contributed by atoms with Crippen molar-refractivity contribution < 1.29 is 0 Å². The predicted molar refractivity (Wildman–Crippen MR) is 237 cm³/mol. The number of nitrogens with zero attached hydrogens (tertiary/aromatic N) is 2. The van der Waals surface area contributed by atoms with E-state index >= 15 is 0 Å². The highest BCUT2D eigenvalue weighted by atomic mass is 15.2. The first-order chi connectivity index (χ1) is 27.7.